The van der Waals surface area contributed by atoms with E-state index in [4.69, 9.17) is 4.74 Å². The molecule has 0 bridgehead atoms. The summed E-state index contributed by atoms with van der Waals surface area (Å²) in [5, 5.41) is 10.3. The monoisotopic (exact) mass is 356 g/mol. The van der Waals surface area contributed by atoms with Crippen LogP contribution >= 0.6 is 23.5 Å². The summed E-state index contributed by atoms with van der Waals surface area (Å²) in [6.45, 7) is 0.967. The fourth-order valence-corrected chi connectivity index (χ4v) is 3.98. The van der Waals surface area contributed by atoms with Crippen molar-refractivity contribution in [3.8, 4) is 0 Å². The lowest BCUT2D eigenvalue weighted by Crippen LogP contribution is -2.45. The topological polar surface area (TPSA) is 89.8 Å². The molecule has 23 heavy (non-hydrogen) atoms. The second kappa shape index (κ2) is 8.21. The molecule has 1 aromatic rings. The Balaban J connectivity index is 1.86. The van der Waals surface area contributed by atoms with Gasteiger partial charge in [-0.15, -0.1) is 23.5 Å². The largest absolute Gasteiger partial charge is 0.468 e. The van der Waals surface area contributed by atoms with E-state index in [-0.39, 0.29) is 28.6 Å². The number of hydrogen-bond donors (Lipinski definition) is 0. The summed E-state index contributed by atoms with van der Waals surface area (Å²) in [4.78, 5) is 36.4. The quantitative estimate of drug-likeness (QED) is 0.344. The number of nitrogens with zero attached hydrogens (tertiary/aromatic N) is 2. The molecular weight excluding hydrogens is 340 g/mol. The highest BCUT2D eigenvalue weighted by atomic mass is 32.2. The van der Waals surface area contributed by atoms with Gasteiger partial charge in [0, 0.05) is 35.9 Å². The standard InChI is InChI=1S/C14H16N2O5S2/c1-21-14(18)12-8-15(6-7-22-12)13(17)9-23-11-4-2-10(3-5-11)16(19)20/h2-5,12H,6-9H2,1H3/t12-/m1/s1. The van der Waals surface area contributed by atoms with Crippen LogP contribution in [0.3, 0.4) is 0 Å². The molecule has 124 valence electrons. The molecule has 1 atom stereocenters. The third kappa shape index (κ3) is 4.87. The van der Waals surface area contributed by atoms with Gasteiger partial charge in [0.15, 0.2) is 0 Å². The van der Waals surface area contributed by atoms with E-state index in [2.05, 4.69) is 0 Å². The van der Waals surface area contributed by atoms with Crippen molar-refractivity contribution in [3.05, 3.63) is 34.4 Å². The third-order valence-corrected chi connectivity index (χ3v) is 5.45. The van der Waals surface area contributed by atoms with Gasteiger partial charge in [-0.1, -0.05) is 0 Å². The van der Waals surface area contributed by atoms with E-state index in [1.54, 1.807) is 17.0 Å². The van der Waals surface area contributed by atoms with Gasteiger partial charge >= 0.3 is 5.97 Å². The molecule has 1 fully saturated rings. The number of carbonyl (C=O) groups is 2. The lowest BCUT2D eigenvalue weighted by atomic mass is 10.3. The van der Waals surface area contributed by atoms with E-state index in [1.165, 1.54) is 42.8 Å². The first kappa shape index (κ1) is 17.6. The van der Waals surface area contributed by atoms with Crippen LogP contribution in [0.2, 0.25) is 0 Å². The molecule has 0 radical (unpaired) electrons. The first-order valence-corrected chi connectivity index (χ1v) is 8.89. The molecule has 0 saturated carbocycles. The van der Waals surface area contributed by atoms with E-state index >= 15 is 0 Å². The average molecular weight is 356 g/mol. The van der Waals surface area contributed by atoms with Crippen molar-refractivity contribution >= 4 is 41.1 Å². The first-order valence-electron chi connectivity index (χ1n) is 6.85. The van der Waals surface area contributed by atoms with Crippen LogP contribution in [0, 0.1) is 10.1 Å². The van der Waals surface area contributed by atoms with E-state index in [0.717, 1.165) is 4.90 Å². The smallest absolute Gasteiger partial charge is 0.320 e. The van der Waals surface area contributed by atoms with Crippen LogP contribution in [-0.4, -0.2) is 58.7 Å². The minimum atomic E-state index is -0.460. The van der Waals surface area contributed by atoms with Crippen molar-refractivity contribution in [2.75, 3.05) is 31.7 Å². The Morgan fingerprint density at radius 3 is 2.74 bits per heavy atom. The molecule has 1 saturated heterocycles. The van der Waals surface area contributed by atoms with Gasteiger partial charge < -0.3 is 9.64 Å². The summed E-state index contributed by atoms with van der Waals surface area (Å²) < 4.78 is 4.72. The van der Waals surface area contributed by atoms with Crippen LogP contribution in [0.5, 0.6) is 0 Å². The van der Waals surface area contributed by atoms with Gasteiger partial charge in [-0.05, 0) is 12.1 Å². The number of hydrogen-bond acceptors (Lipinski definition) is 7. The summed E-state index contributed by atoms with van der Waals surface area (Å²) >= 11 is 2.82. The molecule has 0 aliphatic carbocycles. The minimum Gasteiger partial charge on any atom is -0.468 e. The molecule has 2 rings (SSSR count). The van der Waals surface area contributed by atoms with Gasteiger partial charge in [-0.3, -0.25) is 19.7 Å². The predicted molar refractivity (Wildman–Crippen MR) is 88.7 cm³/mol. The fourth-order valence-electron chi connectivity index (χ4n) is 2.05. The molecule has 0 spiro atoms. The normalized spacial score (nSPS) is 17.6. The van der Waals surface area contributed by atoms with Crippen LogP contribution in [-0.2, 0) is 14.3 Å². The minimum absolute atomic E-state index is 0.0228. The summed E-state index contributed by atoms with van der Waals surface area (Å²) in [7, 11) is 1.34. The van der Waals surface area contributed by atoms with E-state index < -0.39 is 4.92 Å². The number of non-ortho nitro benzene ring substituents is 1. The molecule has 1 aliphatic heterocycles. The number of benzene rings is 1. The molecule has 9 heteroatoms. The van der Waals surface area contributed by atoms with Crippen molar-refractivity contribution in [3.63, 3.8) is 0 Å². The lowest BCUT2D eigenvalue weighted by molar-refractivity contribution is -0.384. The maximum Gasteiger partial charge on any atom is 0.320 e. The summed E-state index contributed by atoms with van der Waals surface area (Å²) in [6.07, 6.45) is 0. The first-order chi connectivity index (χ1) is 11.0. The van der Waals surface area contributed by atoms with Crippen molar-refractivity contribution in [1.29, 1.82) is 0 Å². The molecule has 0 unspecified atom stereocenters. The van der Waals surface area contributed by atoms with Crippen LogP contribution in [0.25, 0.3) is 0 Å². The zero-order chi connectivity index (χ0) is 16.8. The van der Waals surface area contributed by atoms with Crippen LogP contribution in [0.4, 0.5) is 5.69 Å². The molecule has 0 N–H and O–H groups in total. The zero-order valence-corrected chi connectivity index (χ0v) is 14.1. The number of amides is 1. The summed E-state index contributed by atoms with van der Waals surface area (Å²) in [5.41, 5.74) is 0.0228. The van der Waals surface area contributed by atoms with Gasteiger partial charge in [-0.2, -0.15) is 0 Å². The van der Waals surface area contributed by atoms with Crippen LogP contribution in [0.1, 0.15) is 0 Å². The highest BCUT2D eigenvalue weighted by Crippen LogP contribution is 2.24. The Morgan fingerprint density at radius 1 is 1.43 bits per heavy atom. The predicted octanol–water partition coefficient (Wildman–Crippen LogP) is 1.80. The highest BCUT2D eigenvalue weighted by Gasteiger charge is 2.29. The number of thioether (sulfide) groups is 2. The lowest BCUT2D eigenvalue weighted by Gasteiger charge is -2.30. The molecule has 7 nitrogen and oxygen atoms in total. The molecule has 1 heterocycles. The van der Waals surface area contributed by atoms with Crippen molar-refractivity contribution in [1.82, 2.24) is 4.90 Å². The van der Waals surface area contributed by atoms with Gasteiger partial charge in [0.2, 0.25) is 5.91 Å². The highest BCUT2D eigenvalue weighted by molar-refractivity contribution is 8.00. The molecule has 1 aliphatic rings. The van der Waals surface area contributed by atoms with Crippen molar-refractivity contribution < 1.29 is 19.2 Å². The van der Waals surface area contributed by atoms with E-state index in [9.17, 15) is 19.7 Å². The number of nitro groups is 1. The number of ether oxygens (including phenoxy) is 1. The van der Waals surface area contributed by atoms with Gasteiger partial charge in [0.05, 0.1) is 17.8 Å². The number of esters is 1. The van der Waals surface area contributed by atoms with E-state index in [1.807, 2.05) is 0 Å². The maximum atomic E-state index is 12.2. The Kier molecular flexibility index (Phi) is 6.28. The van der Waals surface area contributed by atoms with Gasteiger partial charge in [0.25, 0.3) is 5.69 Å². The van der Waals surface area contributed by atoms with Crippen LogP contribution < -0.4 is 0 Å². The van der Waals surface area contributed by atoms with Gasteiger partial charge in [0.1, 0.15) is 5.25 Å². The Morgan fingerprint density at radius 2 is 2.13 bits per heavy atom. The second-order valence-electron chi connectivity index (χ2n) is 4.76. The number of rotatable bonds is 5. The number of methoxy groups -OCH3 is 1. The molecule has 1 amide bonds. The summed E-state index contributed by atoms with van der Waals surface area (Å²) in [6, 6.07) is 6.08. The Bertz CT molecular complexity index is 593. The zero-order valence-electron chi connectivity index (χ0n) is 12.5. The van der Waals surface area contributed by atoms with Crippen LogP contribution in [0.15, 0.2) is 29.2 Å². The Hall–Kier alpha value is -1.74. The Labute approximate surface area is 141 Å². The number of carbonyl (C=O) groups excluding carboxylic acids is 2. The van der Waals surface area contributed by atoms with E-state index in [0.29, 0.717) is 18.8 Å². The molecule has 1 aromatic carbocycles. The molecule has 0 aromatic heterocycles. The SMILES string of the molecule is COC(=O)[C@H]1CN(C(=O)CSc2ccc([N+](=O)[O-])cc2)CCS1. The molecular formula is C14H16N2O5S2. The van der Waals surface area contributed by atoms with Gasteiger partial charge in [-0.25, -0.2) is 0 Å². The number of nitro benzene ring substituents is 1. The average Bonchev–Trinajstić information content (AvgIpc) is 2.59. The maximum absolute atomic E-state index is 12.2. The third-order valence-electron chi connectivity index (χ3n) is 3.29. The summed E-state index contributed by atoms with van der Waals surface area (Å²) in [5.74, 6) is 0.572. The second-order valence-corrected chi connectivity index (χ2v) is 7.12. The van der Waals surface area contributed by atoms with Crippen molar-refractivity contribution in [2.24, 2.45) is 0 Å². The van der Waals surface area contributed by atoms with Crippen molar-refractivity contribution in [2.45, 2.75) is 10.1 Å². The fraction of sp³-hybridized carbons (Fsp3) is 0.429.